The molecule has 0 saturated heterocycles. The van der Waals surface area contributed by atoms with Gasteiger partial charge < -0.3 is 9.84 Å². The number of hydrogen-bond acceptors (Lipinski definition) is 3. The zero-order valence-corrected chi connectivity index (χ0v) is 11.4. The van der Waals surface area contributed by atoms with Crippen molar-refractivity contribution in [3.05, 3.63) is 34.4 Å². The molecule has 2 rings (SSSR count). The number of esters is 1. The maximum atomic E-state index is 11.7. The highest BCUT2D eigenvalue weighted by atomic mass is 16.5. The zero-order valence-electron chi connectivity index (χ0n) is 11.4. The molecule has 4 heteroatoms. The van der Waals surface area contributed by atoms with Crippen LogP contribution in [-0.2, 0) is 14.9 Å². The summed E-state index contributed by atoms with van der Waals surface area (Å²) in [5, 5.41) is 9.03. The number of benzene rings is 1. The Morgan fingerprint density at radius 1 is 1.26 bits per heavy atom. The molecule has 4 nitrogen and oxygen atoms in total. The molecule has 1 aromatic carbocycles. The van der Waals surface area contributed by atoms with E-state index < -0.39 is 5.97 Å². The van der Waals surface area contributed by atoms with Gasteiger partial charge in [0.15, 0.2) is 0 Å². The molecule has 0 aromatic heterocycles. The van der Waals surface area contributed by atoms with Crippen LogP contribution in [-0.4, -0.2) is 24.2 Å². The molecule has 19 heavy (non-hydrogen) atoms. The number of carbonyl (C=O) groups is 2. The van der Waals surface area contributed by atoms with Gasteiger partial charge in [-0.05, 0) is 49.4 Å². The maximum Gasteiger partial charge on any atom is 0.338 e. The quantitative estimate of drug-likeness (QED) is 0.847. The van der Waals surface area contributed by atoms with Gasteiger partial charge in [0.05, 0.1) is 19.1 Å². The van der Waals surface area contributed by atoms with Crippen molar-refractivity contribution in [2.45, 2.75) is 38.5 Å². The standard InChI is InChI=1S/C15H18O4/c1-9-6-10(2)12(7-11(9)14(18)19-3)15(4-5-15)8-13(16)17/h6-7H,4-5,8H2,1-3H3,(H,16,17). The molecular formula is C15H18O4. The topological polar surface area (TPSA) is 63.6 Å². The molecule has 1 saturated carbocycles. The molecule has 0 bridgehead atoms. The molecule has 0 amide bonds. The van der Waals surface area contributed by atoms with E-state index in [1.165, 1.54) is 7.11 Å². The smallest absolute Gasteiger partial charge is 0.338 e. The summed E-state index contributed by atoms with van der Waals surface area (Å²) < 4.78 is 4.77. The fourth-order valence-electron chi connectivity index (χ4n) is 2.74. The second-order valence-corrected chi connectivity index (χ2v) is 5.32. The van der Waals surface area contributed by atoms with Gasteiger partial charge >= 0.3 is 11.9 Å². The van der Waals surface area contributed by atoms with Crippen LogP contribution in [0.15, 0.2) is 12.1 Å². The average Bonchev–Trinajstić information content (AvgIpc) is 3.07. The van der Waals surface area contributed by atoms with Gasteiger partial charge in [0.25, 0.3) is 0 Å². The van der Waals surface area contributed by atoms with E-state index in [2.05, 4.69) is 0 Å². The lowest BCUT2D eigenvalue weighted by atomic mass is 9.86. The lowest BCUT2D eigenvalue weighted by Gasteiger charge is -2.18. The van der Waals surface area contributed by atoms with E-state index in [-0.39, 0.29) is 17.8 Å². The lowest BCUT2D eigenvalue weighted by Crippen LogP contribution is -2.16. The van der Waals surface area contributed by atoms with Crippen molar-refractivity contribution in [1.82, 2.24) is 0 Å². The molecule has 0 heterocycles. The van der Waals surface area contributed by atoms with Crippen molar-refractivity contribution in [2.24, 2.45) is 0 Å². The van der Waals surface area contributed by atoms with E-state index in [9.17, 15) is 9.59 Å². The van der Waals surface area contributed by atoms with Crippen LogP contribution in [0.4, 0.5) is 0 Å². The molecule has 0 spiro atoms. The molecule has 1 N–H and O–H groups in total. The second kappa shape index (κ2) is 4.68. The zero-order chi connectivity index (χ0) is 14.2. The third-order valence-electron chi connectivity index (χ3n) is 3.89. The fraction of sp³-hybridized carbons (Fsp3) is 0.467. The Morgan fingerprint density at radius 2 is 1.89 bits per heavy atom. The minimum Gasteiger partial charge on any atom is -0.481 e. The van der Waals surface area contributed by atoms with Crippen LogP contribution in [0.25, 0.3) is 0 Å². The molecule has 1 aromatic rings. The first kappa shape index (κ1) is 13.6. The summed E-state index contributed by atoms with van der Waals surface area (Å²) in [6.07, 6.45) is 1.85. The SMILES string of the molecule is COC(=O)c1cc(C2(CC(=O)O)CC2)c(C)cc1C. The largest absolute Gasteiger partial charge is 0.481 e. The Balaban J connectivity index is 2.46. The Kier molecular flexibility index (Phi) is 3.35. The van der Waals surface area contributed by atoms with Crippen LogP contribution in [0.5, 0.6) is 0 Å². The number of carbonyl (C=O) groups excluding carboxylic acids is 1. The number of carboxylic acids is 1. The Labute approximate surface area is 112 Å². The Morgan fingerprint density at radius 3 is 2.37 bits per heavy atom. The Bertz CT molecular complexity index is 541. The van der Waals surface area contributed by atoms with Gasteiger partial charge in [-0.25, -0.2) is 4.79 Å². The normalized spacial score (nSPS) is 15.9. The lowest BCUT2D eigenvalue weighted by molar-refractivity contribution is -0.137. The maximum absolute atomic E-state index is 11.7. The number of rotatable bonds is 4. The monoisotopic (exact) mass is 262 g/mol. The van der Waals surface area contributed by atoms with Crippen molar-refractivity contribution in [1.29, 1.82) is 0 Å². The summed E-state index contributed by atoms with van der Waals surface area (Å²) in [4.78, 5) is 22.7. The van der Waals surface area contributed by atoms with Crippen LogP contribution < -0.4 is 0 Å². The molecule has 0 atom stereocenters. The molecule has 1 aliphatic rings. The third kappa shape index (κ3) is 2.48. The van der Waals surface area contributed by atoms with E-state index in [4.69, 9.17) is 9.84 Å². The van der Waals surface area contributed by atoms with Gasteiger partial charge in [0, 0.05) is 5.41 Å². The second-order valence-electron chi connectivity index (χ2n) is 5.32. The predicted molar refractivity (Wildman–Crippen MR) is 70.4 cm³/mol. The molecule has 0 unspecified atom stereocenters. The summed E-state index contributed by atoms with van der Waals surface area (Å²) in [6, 6.07) is 3.75. The van der Waals surface area contributed by atoms with E-state index >= 15 is 0 Å². The van der Waals surface area contributed by atoms with Crippen LogP contribution in [0.3, 0.4) is 0 Å². The van der Waals surface area contributed by atoms with E-state index in [1.54, 1.807) is 0 Å². The average molecular weight is 262 g/mol. The minimum absolute atomic E-state index is 0.123. The highest BCUT2D eigenvalue weighted by Crippen LogP contribution is 2.52. The van der Waals surface area contributed by atoms with Crippen LogP contribution in [0.1, 0.15) is 46.3 Å². The molecule has 1 fully saturated rings. The summed E-state index contributed by atoms with van der Waals surface area (Å²) >= 11 is 0. The Hall–Kier alpha value is -1.84. The van der Waals surface area contributed by atoms with Crippen molar-refractivity contribution in [3.8, 4) is 0 Å². The number of hydrogen-bond donors (Lipinski definition) is 1. The van der Waals surface area contributed by atoms with Crippen molar-refractivity contribution in [3.63, 3.8) is 0 Å². The van der Waals surface area contributed by atoms with Crippen LogP contribution in [0.2, 0.25) is 0 Å². The fourth-order valence-corrected chi connectivity index (χ4v) is 2.74. The molecular weight excluding hydrogens is 244 g/mol. The van der Waals surface area contributed by atoms with E-state index in [0.717, 1.165) is 29.5 Å². The van der Waals surface area contributed by atoms with Gasteiger partial charge in [0.1, 0.15) is 0 Å². The number of aliphatic carboxylic acids is 1. The summed E-state index contributed by atoms with van der Waals surface area (Å²) in [6.45, 7) is 3.82. The first-order valence-electron chi connectivity index (χ1n) is 6.31. The minimum atomic E-state index is -0.794. The number of aryl methyl sites for hydroxylation is 2. The third-order valence-corrected chi connectivity index (χ3v) is 3.89. The highest BCUT2D eigenvalue weighted by molar-refractivity contribution is 5.91. The predicted octanol–water partition coefficient (Wildman–Crippen LogP) is 2.60. The van der Waals surface area contributed by atoms with Crippen molar-refractivity contribution < 1.29 is 19.4 Å². The first-order chi connectivity index (χ1) is 8.89. The van der Waals surface area contributed by atoms with Gasteiger partial charge in [-0.1, -0.05) is 6.07 Å². The van der Waals surface area contributed by atoms with Gasteiger partial charge in [-0.2, -0.15) is 0 Å². The molecule has 1 aliphatic carbocycles. The summed E-state index contributed by atoms with van der Waals surface area (Å²) in [5.41, 5.74) is 3.12. The van der Waals surface area contributed by atoms with Gasteiger partial charge in [-0.15, -0.1) is 0 Å². The van der Waals surface area contributed by atoms with Crippen molar-refractivity contribution in [2.75, 3.05) is 7.11 Å². The molecule has 0 aliphatic heterocycles. The van der Waals surface area contributed by atoms with E-state index in [0.29, 0.717) is 5.56 Å². The van der Waals surface area contributed by atoms with Crippen LogP contribution >= 0.6 is 0 Å². The summed E-state index contributed by atoms with van der Waals surface area (Å²) in [7, 11) is 1.35. The number of methoxy groups -OCH3 is 1. The summed E-state index contributed by atoms with van der Waals surface area (Å²) in [5.74, 6) is -1.16. The van der Waals surface area contributed by atoms with Crippen molar-refractivity contribution >= 4 is 11.9 Å². The number of carboxylic acid groups (broad SMARTS) is 1. The van der Waals surface area contributed by atoms with Gasteiger partial charge in [0.2, 0.25) is 0 Å². The number of ether oxygens (including phenoxy) is 1. The van der Waals surface area contributed by atoms with Crippen LogP contribution in [0, 0.1) is 13.8 Å². The van der Waals surface area contributed by atoms with Gasteiger partial charge in [-0.3, -0.25) is 4.79 Å². The highest BCUT2D eigenvalue weighted by Gasteiger charge is 2.47. The first-order valence-corrected chi connectivity index (χ1v) is 6.31. The molecule has 102 valence electrons. The van der Waals surface area contributed by atoms with E-state index in [1.807, 2.05) is 26.0 Å². The molecule has 0 radical (unpaired) electrons.